The quantitative estimate of drug-likeness (QED) is 0.667. The molecule has 9 heteroatoms. The van der Waals surface area contributed by atoms with Gasteiger partial charge in [0.1, 0.15) is 12.3 Å². The van der Waals surface area contributed by atoms with Gasteiger partial charge < -0.3 is 15.0 Å². The van der Waals surface area contributed by atoms with E-state index in [4.69, 9.17) is 4.74 Å². The van der Waals surface area contributed by atoms with Gasteiger partial charge in [-0.3, -0.25) is 9.59 Å². The molecule has 30 heavy (non-hydrogen) atoms. The van der Waals surface area contributed by atoms with Gasteiger partial charge in [0.15, 0.2) is 0 Å². The highest BCUT2D eigenvalue weighted by atomic mass is 16.5. The van der Waals surface area contributed by atoms with E-state index in [0.29, 0.717) is 12.4 Å². The van der Waals surface area contributed by atoms with Crippen molar-refractivity contribution >= 4 is 17.5 Å². The fraction of sp³-hybridized carbons (Fsp3) is 0.286. The first-order valence-electron chi connectivity index (χ1n) is 9.60. The predicted molar refractivity (Wildman–Crippen MR) is 110 cm³/mol. The van der Waals surface area contributed by atoms with E-state index in [1.165, 1.54) is 4.80 Å². The molecule has 0 aliphatic carbocycles. The van der Waals surface area contributed by atoms with Gasteiger partial charge in [0.25, 0.3) is 0 Å². The zero-order chi connectivity index (χ0) is 21.1. The Morgan fingerprint density at radius 3 is 2.60 bits per heavy atom. The zero-order valence-electron chi connectivity index (χ0n) is 16.8. The number of amides is 2. The van der Waals surface area contributed by atoms with Crippen LogP contribution in [0.2, 0.25) is 0 Å². The largest absolute Gasteiger partial charge is 0.497 e. The van der Waals surface area contributed by atoms with Crippen molar-refractivity contribution in [3.63, 3.8) is 0 Å². The number of aryl methyl sites for hydroxylation is 1. The molecule has 0 saturated carbocycles. The van der Waals surface area contributed by atoms with Crippen LogP contribution in [0, 0.1) is 6.92 Å². The molecule has 1 N–H and O–H groups in total. The van der Waals surface area contributed by atoms with Gasteiger partial charge in [-0.25, -0.2) is 0 Å². The average Bonchev–Trinajstić information content (AvgIpc) is 3.35. The number of anilines is 1. The minimum Gasteiger partial charge on any atom is -0.497 e. The minimum absolute atomic E-state index is 0.0361. The van der Waals surface area contributed by atoms with Crippen LogP contribution in [-0.4, -0.2) is 51.7 Å². The van der Waals surface area contributed by atoms with Crippen molar-refractivity contribution in [1.82, 2.24) is 25.5 Å². The lowest BCUT2D eigenvalue weighted by molar-refractivity contribution is -0.122. The fourth-order valence-electron chi connectivity index (χ4n) is 3.35. The van der Waals surface area contributed by atoms with Crippen molar-refractivity contribution in [2.75, 3.05) is 18.6 Å². The van der Waals surface area contributed by atoms with E-state index in [9.17, 15) is 9.59 Å². The molecular weight excluding hydrogens is 384 g/mol. The minimum atomic E-state index is -0.271. The molecule has 154 valence electrons. The number of hydrogen-bond acceptors (Lipinski definition) is 6. The first-order valence-corrected chi connectivity index (χ1v) is 9.60. The summed E-state index contributed by atoms with van der Waals surface area (Å²) in [7, 11) is 1.59. The molecule has 1 aliphatic rings. The Morgan fingerprint density at radius 2 is 1.90 bits per heavy atom. The molecule has 2 heterocycles. The van der Waals surface area contributed by atoms with Gasteiger partial charge in [-0.05, 0) is 36.4 Å². The summed E-state index contributed by atoms with van der Waals surface area (Å²) in [6.45, 7) is 2.35. The highest BCUT2D eigenvalue weighted by Crippen LogP contribution is 2.24. The maximum absolute atomic E-state index is 12.4. The van der Waals surface area contributed by atoms with Gasteiger partial charge in [0, 0.05) is 24.2 Å². The summed E-state index contributed by atoms with van der Waals surface area (Å²) in [5.74, 6) is 0.883. The van der Waals surface area contributed by atoms with Crippen LogP contribution >= 0.6 is 0 Å². The number of carbonyl (C=O) groups excluding carboxylic acids is 2. The van der Waals surface area contributed by atoms with Gasteiger partial charge in [0.05, 0.1) is 13.2 Å². The van der Waals surface area contributed by atoms with E-state index < -0.39 is 0 Å². The number of benzene rings is 2. The Bertz CT molecular complexity index is 1050. The highest BCUT2D eigenvalue weighted by molar-refractivity contribution is 5.96. The van der Waals surface area contributed by atoms with Crippen LogP contribution in [0.1, 0.15) is 12.0 Å². The summed E-state index contributed by atoms with van der Waals surface area (Å²) in [6, 6.07) is 14.7. The molecule has 4 rings (SSSR count). The molecule has 2 amide bonds. The summed E-state index contributed by atoms with van der Waals surface area (Å²) >= 11 is 0. The standard InChI is InChI=1S/C21H22N6O3/c1-14-3-5-15(6-4-14)21-23-25-27(24-21)13-19(28)22-16-11-20(29)26(12-16)17-7-9-18(30-2)10-8-17/h3-10,16H,11-13H2,1-2H3,(H,22,28). The molecular formula is C21H22N6O3. The SMILES string of the molecule is COc1ccc(N2CC(NC(=O)Cn3nnc(-c4ccc(C)cc4)n3)CC2=O)cc1. The molecule has 3 aromatic rings. The summed E-state index contributed by atoms with van der Waals surface area (Å²) in [5.41, 5.74) is 2.75. The van der Waals surface area contributed by atoms with Crippen molar-refractivity contribution in [3.8, 4) is 17.1 Å². The van der Waals surface area contributed by atoms with E-state index in [0.717, 1.165) is 22.6 Å². The molecule has 1 aliphatic heterocycles. The molecule has 1 atom stereocenters. The maximum atomic E-state index is 12.4. The second-order valence-corrected chi connectivity index (χ2v) is 7.18. The van der Waals surface area contributed by atoms with E-state index in [-0.39, 0.29) is 30.8 Å². The number of methoxy groups -OCH3 is 1. The Kier molecular flexibility index (Phi) is 5.42. The van der Waals surface area contributed by atoms with Crippen molar-refractivity contribution in [2.24, 2.45) is 0 Å². The molecule has 2 aromatic carbocycles. The van der Waals surface area contributed by atoms with Crippen molar-refractivity contribution in [3.05, 3.63) is 54.1 Å². The summed E-state index contributed by atoms with van der Waals surface area (Å²) in [6.07, 6.45) is 0.247. The van der Waals surface area contributed by atoms with Crippen LogP contribution in [0.25, 0.3) is 11.4 Å². The number of nitrogens with one attached hydrogen (secondary N) is 1. The van der Waals surface area contributed by atoms with Crippen LogP contribution < -0.4 is 15.0 Å². The van der Waals surface area contributed by atoms with Gasteiger partial charge in [-0.15, -0.1) is 10.2 Å². The highest BCUT2D eigenvalue weighted by Gasteiger charge is 2.31. The lowest BCUT2D eigenvalue weighted by Gasteiger charge is -2.17. The molecule has 9 nitrogen and oxygen atoms in total. The first-order chi connectivity index (χ1) is 14.5. The molecule has 1 aromatic heterocycles. The Labute approximate surface area is 173 Å². The van der Waals surface area contributed by atoms with Crippen molar-refractivity contribution < 1.29 is 14.3 Å². The Balaban J connectivity index is 1.34. The number of ether oxygens (including phenoxy) is 1. The summed E-state index contributed by atoms with van der Waals surface area (Å²) in [4.78, 5) is 27.7. The van der Waals surface area contributed by atoms with Crippen molar-refractivity contribution in [1.29, 1.82) is 0 Å². The Morgan fingerprint density at radius 1 is 1.17 bits per heavy atom. The normalized spacial score (nSPS) is 16.0. The van der Waals surface area contributed by atoms with Crippen LogP contribution in [-0.2, 0) is 16.1 Å². The number of tetrazole rings is 1. The van der Waals surface area contributed by atoms with E-state index in [2.05, 4.69) is 20.7 Å². The molecule has 1 saturated heterocycles. The van der Waals surface area contributed by atoms with Gasteiger partial charge in [0.2, 0.25) is 17.6 Å². The van der Waals surface area contributed by atoms with Crippen LogP contribution in [0.4, 0.5) is 5.69 Å². The smallest absolute Gasteiger partial charge is 0.243 e. The van der Waals surface area contributed by atoms with E-state index in [1.54, 1.807) is 24.1 Å². The zero-order valence-corrected chi connectivity index (χ0v) is 16.8. The van der Waals surface area contributed by atoms with Crippen LogP contribution in [0.3, 0.4) is 0 Å². The third-order valence-corrected chi connectivity index (χ3v) is 4.92. The number of nitrogens with zero attached hydrogens (tertiary/aromatic N) is 5. The number of rotatable bonds is 6. The van der Waals surface area contributed by atoms with Crippen LogP contribution in [0.5, 0.6) is 5.75 Å². The van der Waals surface area contributed by atoms with Gasteiger partial charge in [-0.2, -0.15) is 4.80 Å². The number of hydrogen-bond donors (Lipinski definition) is 1. The molecule has 0 bridgehead atoms. The summed E-state index contributed by atoms with van der Waals surface area (Å²) in [5, 5.41) is 15.1. The second-order valence-electron chi connectivity index (χ2n) is 7.18. The fourth-order valence-corrected chi connectivity index (χ4v) is 3.35. The number of carbonyl (C=O) groups is 2. The third-order valence-electron chi connectivity index (χ3n) is 4.92. The molecule has 0 spiro atoms. The second kappa shape index (κ2) is 8.32. The van der Waals surface area contributed by atoms with E-state index >= 15 is 0 Å². The first kappa shape index (κ1) is 19.6. The molecule has 1 unspecified atom stereocenters. The topological polar surface area (TPSA) is 102 Å². The van der Waals surface area contributed by atoms with Gasteiger partial charge in [-0.1, -0.05) is 29.8 Å². The molecule has 0 radical (unpaired) electrons. The van der Waals surface area contributed by atoms with Gasteiger partial charge >= 0.3 is 0 Å². The lowest BCUT2D eigenvalue weighted by Crippen LogP contribution is -2.39. The summed E-state index contributed by atoms with van der Waals surface area (Å²) < 4.78 is 5.14. The monoisotopic (exact) mass is 406 g/mol. The maximum Gasteiger partial charge on any atom is 0.243 e. The molecule has 1 fully saturated rings. The number of aromatic nitrogens is 4. The lowest BCUT2D eigenvalue weighted by atomic mass is 10.1. The van der Waals surface area contributed by atoms with E-state index in [1.807, 2.05) is 43.3 Å². The Hall–Kier alpha value is -3.75. The predicted octanol–water partition coefficient (Wildman–Crippen LogP) is 1.58. The van der Waals surface area contributed by atoms with Crippen LogP contribution in [0.15, 0.2) is 48.5 Å². The average molecular weight is 406 g/mol. The van der Waals surface area contributed by atoms with Crippen molar-refractivity contribution in [2.45, 2.75) is 25.9 Å². The third kappa shape index (κ3) is 4.29.